The lowest BCUT2D eigenvalue weighted by atomic mass is 10.3. The van der Waals surface area contributed by atoms with Gasteiger partial charge in [-0.15, -0.1) is 0 Å². The first-order valence-electron chi connectivity index (χ1n) is 5.19. The molecule has 1 rings (SSSR count). The van der Waals surface area contributed by atoms with Crippen molar-refractivity contribution in [3.63, 3.8) is 0 Å². The number of aromatic amines is 1. The minimum atomic E-state index is -3.36. The lowest BCUT2D eigenvalue weighted by molar-refractivity contribution is 0.163. The van der Waals surface area contributed by atoms with Crippen molar-refractivity contribution in [3.8, 4) is 0 Å². The smallest absolute Gasteiger partial charge is 0.236 e. The molecule has 0 spiro atoms. The molecule has 0 atom stereocenters. The van der Waals surface area contributed by atoms with Gasteiger partial charge in [-0.25, -0.2) is 8.42 Å². The summed E-state index contributed by atoms with van der Waals surface area (Å²) in [6, 6.07) is 0. The zero-order valence-corrected chi connectivity index (χ0v) is 10.3. The highest BCUT2D eigenvalue weighted by atomic mass is 32.2. The third-order valence-electron chi connectivity index (χ3n) is 2.06. The van der Waals surface area contributed by atoms with E-state index in [4.69, 9.17) is 4.74 Å². The summed E-state index contributed by atoms with van der Waals surface area (Å²) in [7, 11) is -3.36. The minimum absolute atomic E-state index is 0.0526. The molecule has 7 heteroatoms. The van der Waals surface area contributed by atoms with Crippen LogP contribution in [-0.2, 0) is 21.2 Å². The third-order valence-corrected chi connectivity index (χ3v) is 3.28. The second-order valence-corrected chi connectivity index (χ2v) is 5.08. The van der Waals surface area contributed by atoms with Gasteiger partial charge in [-0.05, 0) is 13.3 Å². The average Bonchev–Trinajstić information content (AvgIpc) is 2.64. The Hall–Kier alpha value is -1.08. The van der Waals surface area contributed by atoms with E-state index in [0.29, 0.717) is 12.4 Å². The number of aryl methyl sites for hydroxylation is 1. The number of nitrogens with one attached hydrogen (secondary N) is 2. The molecule has 0 aliphatic carbocycles. The molecule has 2 N–H and O–H groups in total. The zero-order valence-electron chi connectivity index (χ0n) is 9.49. The molecule has 0 saturated carbocycles. The number of rotatable bonds is 7. The highest BCUT2D eigenvalue weighted by Gasteiger charge is 2.13. The maximum atomic E-state index is 11.6. The predicted octanol–water partition coefficient (Wildman–Crippen LogP) is 0.750. The summed E-state index contributed by atoms with van der Waals surface area (Å²) >= 11 is 0. The summed E-state index contributed by atoms with van der Waals surface area (Å²) < 4.78 is 30.7. The number of anilines is 1. The van der Waals surface area contributed by atoms with E-state index in [-0.39, 0.29) is 12.4 Å². The van der Waals surface area contributed by atoms with Crippen LogP contribution in [0.5, 0.6) is 0 Å². The van der Waals surface area contributed by atoms with Crippen LogP contribution in [0.3, 0.4) is 0 Å². The topological polar surface area (TPSA) is 84.1 Å². The predicted molar refractivity (Wildman–Crippen MR) is 61.9 cm³/mol. The summed E-state index contributed by atoms with van der Waals surface area (Å²) in [6.45, 7) is 4.47. The summed E-state index contributed by atoms with van der Waals surface area (Å²) in [5, 5.41) is 6.41. The molecule has 92 valence electrons. The third kappa shape index (κ3) is 3.82. The van der Waals surface area contributed by atoms with Crippen molar-refractivity contribution in [2.24, 2.45) is 0 Å². The normalized spacial score (nSPS) is 11.6. The van der Waals surface area contributed by atoms with Gasteiger partial charge in [-0.1, -0.05) is 6.92 Å². The van der Waals surface area contributed by atoms with Crippen LogP contribution in [0.2, 0.25) is 0 Å². The molecule has 0 radical (unpaired) electrons. The summed E-state index contributed by atoms with van der Waals surface area (Å²) in [4.78, 5) is 0. The molecule has 0 amide bonds. The zero-order chi connectivity index (χ0) is 12.0. The molecule has 16 heavy (non-hydrogen) atoms. The Labute approximate surface area is 95.4 Å². The molecular formula is C9H17N3O3S. The van der Waals surface area contributed by atoms with Crippen LogP contribution in [0.25, 0.3) is 0 Å². The molecule has 0 bridgehead atoms. The monoisotopic (exact) mass is 247 g/mol. The first-order chi connectivity index (χ1) is 7.59. The van der Waals surface area contributed by atoms with Crippen LogP contribution in [-0.4, -0.2) is 37.6 Å². The lowest BCUT2D eigenvalue weighted by Crippen LogP contribution is -2.21. The van der Waals surface area contributed by atoms with Gasteiger partial charge >= 0.3 is 0 Å². The number of hydrogen-bond acceptors (Lipinski definition) is 4. The summed E-state index contributed by atoms with van der Waals surface area (Å²) in [5.74, 6) is 0.391. The number of sulfonamides is 1. The molecule has 0 fully saturated rings. The van der Waals surface area contributed by atoms with Gasteiger partial charge in [0.1, 0.15) is 5.82 Å². The van der Waals surface area contributed by atoms with Crippen molar-refractivity contribution in [1.82, 2.24) is 10.2 Å². The van der Waals surface area contributed by atoms with E-state index in [9.17, 15) is 8.42 Å². The molecule has 1 aromatic heterocycles. The van der Waals surface area contributed by atoms with E-state index in [1.807, 2.05) is 13.8 Å². The van der Waals surface area contributed by atoms with Crippen LogP contribution < -0.4 is 4.72 Å². The number of H-pyrrole nitrogens is 1. The maximum absolute atomic E-state index is 11.6. The molecule has 0 saturated heterocycles. The van der Waals surface area contributed by atoms with E-state index in [1.54, 1.807) is 6.20 Å². The van der Waals surface area contributed by atoms with Crippen molar-refractivity contribution in [1.29, 1.82) is 0 Å². The van der Waals surface area contributed by atoms with E-state index in [2.05, 4.69) is 14.9 Å². The van der Waals surface area contributed by atoms with Crippen LogP contribution in [0, 0.1) is 0 Å². The van der Waals surface area contributed by atoms with Gasteiger partial charge in [0.15, 0.2) is 0 Å². The summed E-state index contributed by atoms with van der Waals surface area (Å²) in [6.07, 6.45) is 2.33. The van der Waals surface area contributed by atoms with Crippen molar-refractivity contribution in [3.05, 3.63) is 11.8 Å². The summed E-state index contributed by atoms with van der Waals surface area (Å²) in [5.41, 5.74) is 0.847. The molecule has 0 aliphatic heterocycles. The number of ether oxygens (including phenoxy) is 1. The molecule has 1 heterocycles. The first kappa shape index (κ1) is 13.0. The van der Waals surface area contributed by atoms with Gasteiger partial charge in [0.25, 0.3) is 0 Å². The van der Waals surface area contributed by atoms with E-state index >= 15 is 0 Å². The number of hydrogen-bond donors (Lipinski definition) is 2. The molecule has 6 nitrogen and oxygen atoms in total. The van der Waals surface area contributed by atoms with Gasteiger partial charge in [0.05, 0.1) is 18.6 Å². The van der Waals surface area contributed by atoms with Gasteiger partial charge in [0.2, 0.25) is 10.0 Å². The SMILES string of the molecule is CCOCCS(=O)(=O)Nc1[nH]ncc1CC. The van der Waals surface area contributed by atoms with Gasteiger partial charge in [-0.3, -0.25) is 9.82 Å². The van der Waals surface area contributed by atoms with Crippen LogP contribution >= 0.6 is 0 Å². The maximum Gasteiger partial charge on any atom is 0.236 e. The fraction of sp³-hybridized carbons (Fsp3) is 0.667. The van der Waals surface area contributed by atoms with Crippen LogP contribution in [0.1, 0.15) is 19.4 Å². The van der Waals surface area contributed by atoms with E-state index in [1.165, 1.54) is 0 Å². The Balaban J connectivity index is 2.59. The highest BCUT2D eigenvalue weighted by molar-refractivity contribution is 7.92. The van der Waals surface area contributed by atoms with Gasteiger partial charge < -0.3 is 4.74 Å². The minimum Gasteiger partial charge on any atom is -0.381 e. The molecule has 0 unspecified atom stereocenters. The molecule has 0 aromatic carbocycles. The molecule has 0 aliphatic rings. The van der Waals surface area contributed by atoms with Crippen LogP contribution in [0.15, 0.2) is 6.20 Å². The highest BCUT2D eigenvalue weighted by Crippen LogP contribution is 2.12. The fourth-order valence-electron chi connectivity index (χ4n) is 1.19. The number of aromatic nitrogens is 2. The Kier molecular flexibility index (Phi) is 4.75. The first-order valence-corrected chi connectivity index (χ1v) is 6.84. The molecule has 1 aromatic rings. The fourth-order valence-corrected chi connectivity index (χ4v) is 2.11. The van der Waals surface area contributed by atoms with Gasteiger partial charge in [0, 0.05) is 12.2 Å². The average molecular weight is 247 g/mol. The Morgan fingerprint density at radius 2 is 2.25 bits per heavy atom. The van der Waals surface area contributed by atoms with Crippen molar-refractivity contribution in [2.45, 2.75) is 20.3 Å². The van der Waals surface area contributed by atoms with E-state index < -0.39 is 10.0 Å². The number of nitrogens with zero attached hydrogens (tertiary/aromatic N) is 1. The second-order valence-electron chi connectivity index (χ2n) is 3.24. The Morgan fingerprint density at radius 1 is 1.50 bits per heavy atom. The Morgan fingerprint density at radius 3 is 2.88 bits per heavy atom. The van der Waals surface area contributed by atoms with Crippen LogP contribution in [0.4, 0.5) is 5.82 Å². The van der Waals surface area contributed by atoms with Crippen molar-refractivity contribution >= 4 is 15.8 Å². The Bertz CT molecular complexity index is 413. The van der Waals surface area contributed by atoms with Gasteiger partial charge in [-0.2, -0.15) is 5.10 Å². The van der Waals surface area contributed by atoms with E-state index in [0.717, 1.165) is 12.0 Å². The molecular weight excluding hydrogens is 230 g/mol. The standard InChI is InChI=1S/C9H17N3O3S/c1-3-8-7-10-11-9(8)12-16(13,14)6-5-15-4-2/h7H,3-6H2,1-2H3,(H2,10,11,12). The van der Waals surface area contributed by atoms with Crippen molar-refractivity contribution < 1.29 is 13.2 Å². The lowest BCUT2D eigenvalue weighted by Gasteiger charge is -2.07. The second kappa shape index (κ2) is 5.86. The quantitative estimate of drug-likeness (QED) is 0.696. The van der Waals surface area contributed by atoms with Crippen molar-refractivity contribution in [2.75, 3.05) is 23.7 Å². The largest absolute Gasteiger partial charge is 0.381 e.